The summed E-state index contributed by atoms with van der Waals surface area (Å²) in [6, 6.07) is 6.87. The van der Waals surface area contributed by atoms with Crippen LogP contribution in [0, 0.1) is 10.8 Å². The lowest BCUT2D eigenvalue weighted by Crippen LogP contribution is -2.50. The van der Waals surface area contributed by atoms with Crippen LogP contribution in [-0.2, 0) is 9.59 Å². The minimum Gasteiger partial charge on any atom is -0.494 e. The van der Waals surface area contributed by atoms with Gasteiger partial charge in [0, 0.05) is 12.1 Å². The lowest BCUT2D eigenvalue weighted by Gasteiger charge is -2.29. The highest BCUT2D eigenvalue weighted by Crippen LogP contribution is 2.26. The second kappa shape index (κ2) is 7.14. The van der Waals surface area contributed by atoms with Crippen LogP contribution in [0.2, 0.25) is 0 Å². The van der Waals surface area contributed by atoms with Crippen molar-refractivity contribution in [3.8, 4) is 5.75 Å². The van der Waals surface area contributed by atoms with Gasteiger partial charge in [-0.05, 0) is 31.2 Å². The molecule has 1 atom stereocenters. The zero-order chi connectivity index (χ0) is 17.0. The minimum atomic E-state index is -0.725. The summed E-state index contributed by atoms with van der Waals surface area (Å²) < 4.78 is 5.32. The van der Waals surface area contributed by atoms with Crippen molar-refractivity contribution in [1.82, 2.24) is 4.90 Å². The minimum absolute atomic E-state index is 0.116. The summed E-state index contributed by atoms with van der Waals surface area (Å²) in [5.74, 6) is -0.724. The van der Waals surface area contributed by atoms with Gasteiger partial charge in [-0.3, -0.25) is 20.4 Å². The number of rotatable bonds is 4. The van der Waals surface area contributed by atoms with Gasteiger partial charge in [-0.2, -0.15) is 0 Å². The average Bonchev–Trinajstić information content (AvgIpc) is 2.48. The van der Waals surface area contributed by atoms with Gasteiger partial charge in [0.05, 0.1) is 6.61 Å². The highest BCUT2D eigenvalue weighted by atomic mass is 32.2. The van der Waals surface area contributed by atoms with Crippen LogP contribution in [0.3, 0.4) is 0 Å². The fourth-order valence-electron chi connectivity index (χ4n) is 2.01. The highest BCUT2D eigenvalue weighted by Gasteiger charge is 2.36. The third kappa shape index (κ3) is 4.01. The fraction of sp³-hybridized carbons (Fsp3) is 0.286. The molecule has 0 saturated carbocycles. The molecule has 2 amide bonds. The van der Waals surface area contributed by atoms with Crippen molar-refractivity contribution in [2.45, 2.75) is 18.6 Å². The molecule has 0 spiro atoms. The number of guanidine groups is 1. The maximum atomic E-state index is 12.2. The zero-order valence-electron chi connectivity index (χ0n) is 12.5. The Bertz CT molecular complexity index is 628. The summed E-state index contributed by atoms with van der Waals surface area (Å²) in [7, 11) is 0. The molecule has 1 unspecified atom stereocenters. The van der Waals surface area contributed by atoms with Crippen molar-refractivity contribution in [1.29, 1.82) is 10.8 Å². The first-order valence-corrected chi connectivity index (χ1v) is 7.76. The molecule has 122 valence electrons. The Hall–Kier alpha value is -2.55. The largest absolute Gasteiger partial charge is 0.494 e. The van der Waals surface area contributed by atoms with Crippen LogP contribution in [0.5, 0.6) is 5.75 Å². The molecule has 0 aliphatic carbocycles. The van der Waals surface area contributed by atoms with E-state index in [4.69, 9.17) is 21.3 Å². The van der Waals surface area contributed by atoms with E-state index >= 15 is 0 Å². The van der Waals surface area contributed by atoms with Gasteiger partial charge >= 0.3 is 0 Å². The smallest absolute Gasteiger partial charge is 0.238 e. The van der Waals surface area contributed by atoms with E-state index in [1.807, 2.05) is 6.92 Å². The van der Waals surface area contributed by atoms with Gasteiger partial charge in [0.15, 0.2) is 5.17 Å². The Morgan fingerprint density at radius 2 is 2.13 bits per heavy atom. The highest BCUT2D eigenvalue weighted by molar-refractivity contribution is 8.15. The van der Waals surface area contributed by atoms with Crippen molar-refractivity contribution in [3.63, 3.8) is 0 Å². The first kappa shape index (κ1) is 16.8. The van der Waals surface area contributed by atoms with E-state index in [0.717, 1.165) is 16.7 Å². The number of anilines is 1. The van der Waals surface area contributed by atoms with Gasteiger partial charge in [-0.25, -0.2) is 4.90 Å². The standard InChI is InChI=1S/C14H17N5O3S/c1-2-22-9-5-3-8(4-6-9)18-12(21)10-7-11(20)19(13(15)16)14(17)23-10/h3-6,10,17H,2,7H2,1H3,(H3,15,16)(H,18,21). The summed E-state index contributed by atoms with van der Waals surface area (Å²) in [5.41, 5.74) is 5.83. The second-order valence-corrected chi connectivity index (χ2v) is 5.87. The number of nitrogens with one attached hydrogen (secondary N) is 3. The number of benzene rings is 1. The van der Waals surface area contributed by atoms with Crippen LogP contribution in [0.15, 0.2) is 24.3 Å². The Balaban J connectivity index is 2.00. The quantitative estimate of drug-likeness (QED) is 0.484. The molecule has 0 radical (unpaired) electrons. The Labute approximate surface area is 137 Å². The van der Waals surface area contributed by atoms with Crippen LogP contribution >= 0.6 is 11.8 Å². The Morgan fingerprint density at radius 1 is 1.48 bits per heavy atom. The summed E-state index contributed by atoms with van der Waals surface area (Å²) in [4.78, 5) is 24.9. The van der Waals surface area contributed by atoms with Crippen LogP contribution in [0.1, 0.15) is 13.3 Å². The van der Waals surface area contributed by atoms with Gasteiger partial charge in [-0.1, -0.05) is 11.8 Å². The summed E-state index contributed by atoms with van der Waals surface area (Å²) in [6.45, 7) is 2.44. The third-order valence-corrected chi connectivity index (χ3v) is 4.10. The number of amides is 2. The molecule has 1 aromatic carbocycles. The Kier molecular flexibility index (Phi) is 5.22. The summed E-state index contributed by atoms with van der Waals surface area (Å²) in [6.07, 6.45) is -0.116. The first-order valence-electron chi connectivity index (χ1n) is 6.88. The molecular formula is C14H17N5O3S. The SMILES string of the molecule is CCOc1ccc(NC(=O)C2CC(=O)N(C(=N)N)C(=N)S2)cc1. The van der Waals surface area contributed by atoms with E-state index in [1.54, 1.807) is 24.3 Å². The Morgan fingerprint density at radius 3 is 2.65 bits per heavy atom. The number of ether oxygens (including phenoxy) is 1. The van der Waals surface area contributed by atoms with Gasteiger partial charge < -0.3 is 15.8 Å². The lowest BCUT2D eigenvalue weighted by atomic mass is 10.2. The topological polar surface area (TPSA) is 132 Å². The molecule has 1 aliphatic heterocycles. The normalized spacial score (nSPS) is 17.8. The van der Waals surface area contributed by atoms with Gasteiger partial charge in [0.25, 0.3) is 0 Å². The first-order chi connectivity index (χ1) is 10.9. The number of hydrogen-bond acceptors (Lipinski definition) is 6. The van der Waals surface area contributed by atoms with Crippen molar-refractivity contribution in [3.05, 3.63) is 24.3 Å². The molecule has 2 rings (SSSR count). The average molecular weight is 335 g/mol. The van der Waals surface area contributed by atoms with Crippen molar-refractivity contribution >= 4 is 40.4 Å². The molecule has 1 aromatic rings. The molecule has 1 heterocycles. The molecular weight excluding hydrogens is 318 g/mol. The third-order valence-electron chi connectivity index (χ3n) is 3.03. The number of carbonyl (C=O) groups excluding carboxylic acids is 2. The van der Waals surface area contributed by atoms with Crippen LogP contribution in [-0.4, -0.2) is 39.7 Å². The van der Waals surface area contributed by atoms with E-state index in [2.05, 4.69) is 5.32 Å². The van der Waals surface area contributed by atoms with Crippen molar-refractivity contribution in [2.75, 3.05) is 11.9 Å². The van der Waals surface area contributed by atoms with Gasteiger partial charge in [0.2, 0.25) is 17.8 Å². The van der Waals surface area contributed by atoms with Crippen LogP contribution in [0.4, 0.5) is 5.69 Å². The van der Waals surface area contributed by atoms with Crippen LogP contribution < -0.4 is 15.8 Å². The van der Waals surface area contributed by atoms with E-state index in [-0.39, 0.29) is 17.5 Å². The van der Waals surface area contributed by atoms with Gasteiger partial charge in [-0.15, -0.1) is 0 Å². The molecule has 8 nitrogen and oxygen atoms in total. The number of hydrogen-bond donors (Lipinski definition) is 4. The predicted octanol–water partition coefficient (Wildman–Crippen LogP) is 1.19. The van der Waals surface area contributed by atoms with E-state index in [9.17, 15) is 9.59 Å². The monoisotopic (exact) mass is 335 g/mol. The van der Waals surface area contributed by atoms with Crippen LogP contribution in [0.25, 0.3) is 0 Å². The fourth-order valence-corrected chi connectivity index (χ4v) is 2.97. The maximum absolute atomic E-state index is 12.2. The molecule has 1 aliphatic rings. The zero-order valence-corrected chi connectivity index (χ0v) is 13.3. The molecule has 1 saturated heterocycles. The molecule has 9 heteroatoms. The van der Waals surface area contributed by atoms with Crippen molar-refractivity contribution in [2.24, 2.45) is 5.73 Å². The lowest BCUT2D eigenvalue weighted by molar-refractivity contribution is -0.127. The number of amidine groups is 1. The van der Waals surface area contributed by atoms with E-state index in [0.29, 0.717) is 18.0 Å². The van der Waals surface area contributed by atoms with E-state index in [1.165, 1.54) is 0 Å². The number of nitrogens with zero attached hydrogens (tertiary/aromatic N) is 1. The summed E-state index contributed by atoms with van der Waals surface area (Å²) >= 11 is 0.896. The number of thioether (sulfide) groups is 1. The molecule has 0 bridgehead atoms. The van der Waals surface area contributed by atoms with Gasteiger partial charge in [0.1, 0.15) is 11.0 Å². The molecule has 23 heavy (non-hydrogen) atoms. The second-order valence-electron chi connectivity index (χ2n) is 4.68. The number of nitrogens with two attached hydrogens (primary N) is 1. The van der Waals surface area contributed by atoms with E-state index < -0.39 is 17.1 Å². The maximum Gasteiger partial charge on any atom is 0.238 e. The molecule has 1 fully saturated rings. The number of carbonyl (C=O) groups is 2. The summed E-state index contributed by atoms with van der Waals surface area (Å²) in [5, 5.41) is 16.8. The predicted molar refractivity (Wildman–Crippen MR) is 88.7 cm³/mol. The molecule has 5 N–H and O–H groups in total. The molecule has 0 aromatic heterocycles. The van der Waals surface area contributed by atoms with Crippen molar-refractivity contribution < 1.29 is 14.3 Å².